The summed E-state index contributed by atoms with van der Waals surface area (Å²) >= 11 is 0. The van der Waals surface area contributed by atoms with Crippen molar-refractivity contribution in [2.24, 2.45) is 0 Å². The quantitative estimate of drug-likeness (QED) is 0.308. The molecule has 0 rings (SSSR count). The third-order valence-electron chi connectivity index (χ3n) is 4.22. The zero-order valence-electron chi connectivity index (χ0n) is 14.5. The summed E-state index contributed by atoms with van der Waals surface area (Å²) in [5.74, 6) is -0.750. The molecule has 0 radical (unpaired) electrons. The second-order valence-corrected chi connectivity index (χ2v) is 8.09. The first kappa shape index (κ1) is 22.4. The van der Waals surface area contributed by atoms with E-state index >= 15 is 0 Å². The molecular weight excluding hydrogens is 316 g/mol. The second-order valence-electron chi connectivity index (χ2n) is 6.39. The number of hydrogen-bond acceptors (Lipinski definition) is 3. The van der Waals surface area contributed by atoms with Crippen molar-refractivity contribution in [1.82, 2.24) is 0 Å². The van der Waals surface area contributed by atoms with Crippen molar-refractivity contribution in [2.45, 2.75) is 102 Å². The zero-order valence-corrected chi connectivity index (χ0v) is 15.3. The maximum absolute atomic E-state index is 11.4. The predicted molar refractivity (Wildman–Crippen MR) is 93.3 cm³/mol. The number of carboxylic acids is 1. The van der Waals surface area contributed by atoms with Gasteiger partial charge in [0.05, 0.1) is 5.25 Å². The maximum atomic E-state index is 11.4. The highest BCUT2D eigenvalue weighted by Gasteiger charge is 2.21. The molecule has 6 heteroatoms. The molecule has 0 spiro atoms. The van der Waals surface area contributed by atoms with Crippen LogP contribution in [0.2, 0.25) is 0 Å². The molecule has 0 aromatic rings. The van der Waals surface area contributed by atoms with Gasteiger partial charge < -0.3 is 5.11 Å². The van der Waals surface area contributed by atoms with Gasteiger partial charge in [-0.25, -0.2) is 0 Å². The van der Waals surface area contributed by atoms with Crippen LogP contribution in [0.5, 0.6) is 0 Å². The zero-order chi connectivity index (χ0) is 17.6. The summed E-state index contributed by atoms with van der Waals surface area (Å²) in [5.41, 5.74) is 0. The van der Waals surface area contributed by atoms with Gasteiger partial charge in [-0.2, -0.15) is 8.42 Å². The summed E-state index contributed by atoms with van der Waals surface area (Å²) in [4.78, 5) is 10.4. The molecule has 138 valence electrons. The highest BCUT2D eigenvalue weighted by Crippen LogP contribution is 2.19. The first-order chi connectivity index (χ1) is 10.9. The molecule has 5 nitrogen and oxygen atoms in total. The van der Waals surface area contributed by atoms with Crippen molar-refractivity contribution in [3.63, 3.8) is 0 Å². The molecule has 0 saturated carbocycles. The van der Waals surface area contributed by atoms with E-state index in [4.69, 9.17) is 5.11 Å². The molecule has 0 aliphatic heterocycles. The first-order valence-electron chi connectivity index (χ1n) is 9.06. The van der Waals surface area contributed by atoms with Crippen LogP contribution >= 0.6 is 0 Å². The molecule has 0 heterocycles. The fourth-order valence-electron chi connectivity index (χ4n) is 2.77. The average molecular weight is 351 g/mol. The molecule has 23 heavy (non-hydrogen) atoms. The van der Waals surface area contributed by atoms with E-state index in [0.29, 0.717) is 19.3 Å². The van der Waals surface area contributed by atoms with Crippen LogP contribution in [0.1, 0.15) is 96.8 Å². The van der Waals surface area contributed by atoms with E-state index in [1.165, 1.54) is 6.42 Å². The number of carbonyl (C=O) groups is 1. The summed E-state index contributed by atoms with van der Waals surface area (Å²) in [7, 11) is -3.93. The van der Waals surface area contributed by atoms with Crippen molar-refractivity contribution in [1.29, 1.82) is 0 Å². The van der Waals surface area contributed by atoms with E-state index in [0.717, 1.165) is 57.8 Å². The molecule has 0 fully saturated rings. The van der Waals surface area contributed by atoms with Crippen LogP contribution in [0.4, 0.5) is 0 Å². The van der Waals surface area contributed by atoms with Crippen LogP contribution in [0.25, 0.3) is 0 Å². The van der Waals surface area contributed by atoms with E-state index in [1.807, 2.05) is 0 Å². The SMILES string of the molecule is CCCCCCCC(CCCCCCCCC(=O)O)S(=O)(=O)O. The molecular formula is C17H34O5S. The van der Waals surface area contributed by atoms with E-state index in [-0.39, 0.29) is 6.42 Å². The number of unbranched alkanes of at least 4 members (excludes halogenated alkanes) is 9. The molecule has 0 aromatic heterocycles. The molecule has 0 amide bonds. The largest absolute Gasteiger partial charge is 0.481 e. The van der Waals surface area contributed by atoms with Gasteiger partial charge in [-0.05, 0) is 19.3 Å². The Morgan fingerprint density at radius 2 is 1.26 bits per heavy atom. The molecule has 0 saturated heterocycles. The fourth-order valence-corrected chi connectivity index (χ4v) is 3.70. The van der Waals surface area contributed by atoms with Crippen molar-refractivity contribution >= 4 is 16.1 Å². The summed E-state index contributed by atoms with van der Waals surface area (Å²) in [5, 5.41) is 7.91. The van der Waals surface area contributed by atoms with Crippen molar-refractivity contribution < 1.29 is 22.9 Å². The Morgan fingerprint density at radius 1 is 0.826 bits per heavy atom. The molecule has 1 atom stereocenters. The number of hydrogen-bond donors (Lipinski definition) is 2. The van der Waals surface area contributed by atoms with Crippen molar-refractivity contribution in [2.75, 3.05) is 0 Å². The van der Waals surface area contributed by atoms with Gasteiger partial charge >= 0.3 is 5.97 Å². The van der Waals surface area contributed by atoms with E-state index in [1.54, 1.807) is 0 Å². The highest BCUT2D eigenvalue weighted by atomic mass is 32.2. The fraction of sp³-hybridized carbons (Fsp3) is 0.941. The molecule has 0 aromatic carbocycles. The van der Waals surface area contributed by atoms with Gasteiger partial charge in [0.1, 0.15) is 0 Å². The van der Waals surface area contributed by atoms with Crippen LogP contribution in [0.15, 0.2) is 0 Å². The van der Waals surface area contributed by atoms with Gasteiger partial charge in [0, 0.05) is 6.42 Å². The van der Waals surface area contributed by atoms with Gasteiger partial charge in [0.2, 0.25) is 0 Å². The number of aliphatic carboxylic acids is 1. The molecule has 2 N–H and O–H groups in total. The van der Waals surface area contributed by atoms with Gasteiger partial charge in [0.25, 0.3) is 10.1 Å². The highest BCUT2D eigenvalue weighted by molar-refractivity contribution is 7.86. The lowest BCUT2D eigenvalue weighted by atomic mass is 10.0. The second kappa shape index (κ2) is 13.8. The Balaban J connectivity index is 3.75. The Hall–Kier alpha value is -0.620. The van der Waals surface area contributed by atoms with Crippen LogP contribution in [0, 0.1) is 0 Å². The Bertz CT molecular complexity index is 392. The summed E-state index contributed by atoms with van der Waals surface area (Å²) in [6.45, 7) is 2.14. The molecule has 0 bridgehead atoms. The molecule has 0 aliphatic rings. The summed E-state index contributed by atoms with van der Waals surface area (Å²) in [6, 6.07) is 0. The van der Waals surface area contributed by atoms with Crippen LogP contribution in [0.3, 0.4) is 0 Å². The van der Waals surface area contributed by atoms with Crippen LogP contribution < -0.4 is 0 Å². The van der Waals surface area contributed by atoms with Gasteiger partial charge in [-0.15, -0.1) is 0 Å². The lowest BCUT2D eigenvalue weighted by Gasteiger charge is -2.13. The minimum absolute atomic E-state index is 0.225. The summed E-state index contributed by atoms with van der Waals surface area (Å²) < 4.78 is 32.2. The maximum Gasteiger partial charge on any atom is 0.303 e. The lowest BCUT2D eigenvalue weighted by molar-refractivity contribution is -0.137. The van der Waals surface area contributed by atoms with E-state index in [2.05, 4.69) is 6.92 Å². The third-order valence-corrected chi connectivity index (χ3v) is 5.53. The van der Waals surface area contributed by atoms with Gasteiger partial charge in [-0.1, -0.05) is 71.1 Å². The average Bonchev–Trinajstić information content (AvgIpc) is 2.46. The van der Waals surface area contributed by atoms with Crippen molar-refractivity contribution in [3.05, 3.63) is 0 Å². The molecule has 0 aliphatic carbocycles. The third kappa shape index (κ3) is 14.7. The van der Waals surface area contributed by atoms with Crippen molar-refractivity contribution in [3.8, 4) is 0 Å². The minimum atomic E-state index is -3.93. The lowest BCUT2D eigenvalue weighted by Crippen LogP contribution is -2.20. The monoisotopic (exact) mass is 350 g/mol. The molecule has 1 unspecified atom stereocenters. The van der Waals surface area contributed by atoms with E-state index in [9.17, 15) is 17.8 Å². The minimum Gasteiger partial charge on any atom is -0.481 e. The smallest absolute Gasteiger partial charge is 0.303 e. The standard InChI is InChI=1S/C17H34O5S/c1-2-3-4-7-10-13-16(23(20,21)22)14-11-8-5-6-9-12-15-17(18)19/h16H,2-15H2,1H3,(H,18,19)(H,20,21,22). The van der Waals surface area contributed by atoms with Crippen LogP contribution in [-0.4, -0.2) is 29.3 Å². The predicted octanol–water partition coefficient (Wildman–Crippen LogP) is 4.81. The normalized spacial score (nSPS) is 13.1. The van der Waals surface area contributed by atoms with Crippen LogP contribution in [-0.2, 0) is 14.9 Å². The first-order valence-corrected chi connectivity index (χ1v) is 10.6. The Labute approximate surface area is 141 Å². The van der Waals surface area contributed by atoms with Gasteiger partial charge in [0.15, 0.2) is 0 Å². The Kier molecular flexibility index (Phi) is 13.4. The number of carboxylic acid groups (broad SMARTS) is 1. The topological polar surface area (TPSA) is 91.7 Å². The summed E-state index contributed by atoms with van der Waals surface area (Å²) in [6.07, 6.45) is 12.0. The Morgan fingerprint density at radius 3 is 1.70 bits per heavy atom. The van der Waals surface area contributed by atoms with Gasteiger partial charge in [-0.3, -0.25) is 9.35 Å². The number of rotatable bonds is 16. The van der Waals surface area contributed by atoms with E-state index < -0.39 is 21.3 Å².